The summed E-state index contributed by atoms with van der Waals surface area (Å²) < 4.78 is 5.74. The van der Waals surface area contributed by atoms with Crippen LogP contribution < -0.4 is 10.2 Å². The van der Waals surface area contributed by atoms with E-state index < -0.39 is 11.4 Å². The lowest BCUT2D eigenvalue weighted by Crippen LogP contribution is -2.15. The zero-order valence-electron chi connectivity index (χ0n) is 12.5. The highest BCUT2D eigenvalue weighted by molar-refractivity contribution is 5.92. The second-order valence-corrected chi connectivity index (χ2v) is 5.26. The van der Waals surface area contributed by atoms with Gasteiger partial charge in [-0.25, -0.2) is 4.79 Å². The third-order valence-corrected chi connectivity index (χ3v) is 3.74. The first-order valence-corrected chi connectivity index (χ1v) is 7.12. The molecular weight excluding hydrogens is 294 g/mol. The average Bonchev–Trinajstić information content (AvgIpc) is 2.54. The summed E-state index contributed by atoms with van der Waals surface area (Å²) in [7, 11) is 0. The van der Waals surface area contributed by atoms with Gasteiger partial charge >= 0.3 is 5.97 Å². The molecule has 0 aliphatic rings. The van der Waals surface area contributed by atoms with Crippen molar-refractivity contribution in [3.63, 3.8) is 0 Å². The summed E-state index contributed by atoms with van der Waals surface area (Å²) in [5.74, 6) is -0.729. The maximum Gasteiger partial charge on any atom is 0.341 e. The van der Waals surface area contributed by atoms with Gasteiger partial charge in [0.25, 0.3) is 0 Å². The van der Waals surface area contributed by atoms with Gasteiger partial charge in [-0.2, -0.15) is 0 Å². The third kappa shape index (κ3) is 2.94. The number of rotatable bonds is 4. The van der Waals surface area contributed by atoms with Crippen molar-refractivity contribution in [2.75, 3.05) is 0 Å². The van der Waals surface area contributed by atoms with Crippen molar-refractivity contribution in [1.82, 2.24) is 4.98 Å². The Morgan fingerprint density at radius 2 is 2.00 bits per heavy atom. The van der Waals surface area contributed by atoms with E-state index >= 15 is 0 Å². The number of hydrogen-bond donors (Lipinski definition) is 2. The van der Waals surface area contributed by atoms with Crippen molar-refractivity contribution >= 4 is 16.9 Å². The summed E-state index contributed by atoms with van der Waals surface area (Å²) in [4.78, 5) is 26.1. The SMILES string of the molecule is Cc1ccccc1COc1ccc2[nH]cc(C(=O)O)c(=O)c2c1. The number of H-pyrrole nitrogens is 1. The number of ether oxygens (including phenoxy) is 1. The fraction of sp³-hybridized carbons (Fsp3) is 0.111. The maximum absolute atomic E-state index is 12.2. The van der Waals surface area contributed by atoms with Gasteiger partial charge in [-0.15, -0.1) is 0 Å². The van der Waals surface area contributed by atoms with Crippen LogP contribution in [0.2, 0.25) is 0 Å². The van der Waals surface area contributed by atoms with Crippen LogP contribution in [0.4, 0.5) is 0 Å². The lowest BCUT2D eigenvalue weighted by atomic mass is 10.1. The minimum absolute atomic E-state index is 0.284. The molecule has 2 N–H and O–H groups in total. The minimum atomic E-state index is -1.25. The zero-order chi connectivity index (χ0) is 16.4. The van der Waals surface area contributed by atoms with E-state index in [4.69, 9.17) is 9.84 Å². The van der Waals surface area contributed by atoms with E-state index in [0.29, 0.717) is 23.3 Å². The Kier molecular flexibility index (Phi) is 3.85. The molecule has 0 saturated heterocycles. The first kappa shape index (κ1) is 14.8. The number of carboxylic acids is 1. The normalized spacial score (nSPS) is 10.7. The molecule has 0 saturated carbocycles. The molecule has 0 spiro atoms. The molecule has 23 heavy (non-hydrogen) atoms. The molecule has 0 aliphatic carbocycles. The molecule has 0 radical (unpaired) electrons. The topological polar surface area (TPSA) is 79.4 Å². The van der Waals surface area contributed by atoms with Crippen LogP contribution in [0.15, 0.2) is 53.5 Å². The van der Waals surface area contributed by atoms with Crippen LogP contribution in [-0.4, -0.2) is 16.1 Å². The predicted octanol–water partition coefficient (Wildman–Crippen LogP) is 3.11. The number of aromatic amines is 1. The molecule has 0 atom stereocenters. The van der Waals surface area contributed by atoms with Gasteiger partial charge in [0.2, 0.25) is 5.43 Å². The Morgan fingerprint density at radius 1 is 1.22 bits per heavy atom. The summed E-state index contributed by atoms with van der Waals surface area (Å²) in [6.07, 6.45) is 1.21. The number of fused-ring (bicyclic) bond motifs is 1. The first-order valence-electron chi connectivity index (χ1n) is 7.12. The van der Waals surface area contributed by atoms with Crippen molar-refractivity contribution < 1.29 is 14.6 Å². The van der Waals surface area contributed by atoms with Crippen LogP contribution in [-0.2, 0) is 6.61 Å². The fourth-order valence-corrected chi connectivity index (χ4v) is 2.38. The molecule has 5 heteroatoms. The van der Waals surface area contributed by atoms with E-state index in [1.807, 2.05) is 31.2 Å². The highest BCUT2D eigenvalue weighted by Gasteiger charge is 2.12. The van der Waals surface area contributed by atoms with Crippen molar-refractivity contribution in [2.45, 2.75) is 13.5 Å². The molecule has 3 rings (SSSR count). The van der Waals surface area contributed by atoms with Gasteiger partial charge < -0.3 is 14.8 Å². The molecule has 2 aromatic carbocycles. The molecule has 0 amide bonds. The number of carboxylic acid groups (broad SMARTS) is 1. The second-order valence-electron chi connectivity index (χ2n) is 5.26. The molecule has 3 aromatic rings. The van der Waals surface area contributed by atoms with E-state index in [2.05, 4.69) is 4.98 Å². The van der Waals surface area contributed by atoms with E-state index in [-0.39, 0.29) is 5.56 Å². The highest BCUT2D eigenvalue weighted by Crippen LogP contribution is 2.19. The minimum Gasteiger partial charge on any atom is -0.489 e. The number of nitrogens with one attached hydrogen (secondary N) is 1. The monoisotopic (exact) mass is 309 g/mol. The highest BCUT2D eigenvalue weighted by atomic mass is 16.5. The number of benzene rings is 2. The summed E-state index contributed by atoms with van der Waals surface area (Å²) in [5, 5.41) is 9.32. The summed E-state index contributed by atoms with van der Waals surface area (Å²) in [6, 6.07) is 12.9. The summed E-state index contributed by atoms with van der Waals surface area (Å²) in [5.41, 5.74) is 1.95. The summed E-state index contributed by atoms with van der Waals surface area (Å²) >= 11 is 0. The van der Waals surface area contributed by atoms with Gasteiger partial charge in [0, 0.05) is 11.7 Å². The Bertz CT molecular complexity index is 943. The molecule has 1 aromatic heterocycles. The van der Waals surface area contributed by atoms with E-state index in [9.17, 15) is 9.59 Å². The number of aromatic carboxylic acids is 1. The molecule has 1 heterocycles. The molecule has 0 aliphatic heterocycles. The largest absolute Gasteiger partial charge is 0.489 e. The number of aryl methyl sites for hydroxylation is 1. The molecule has 116 valence electrons. The van der Waals surface area contributed by atoms with E-state index in [1.165, 1.54) is 6.20 Å². The Hall–Kier alpha value is -3.08. The molecule has 5 nitrogen and oxygen atoms in total. The van der Waals surface area contributed by atoms with Gasteiger partial charge in [0.1, 0.15) is 17.9 Å². The van der Waals surface area contributed by atoms with Crippen molar-refractivity contribution in [3.05, 3.63) is 75.6 Å². The van der Waals surface area contributed by atoms with Crippen LogP contribution >= 0.6 is 0 Å². The van der Waals surface area contributed by atoms with E-state index in [1.54, 1.807) is 18.2 Å². The lowest BCUT2D eigenvalue weighted by molar-refractivity contribution is 0.0695. The number of carbonyl (C=O) groups is 1. The first-order chi connectivity index (χ1) is 11.1. The molecular formula is C18H15NO4. The summed E-state index contributed by atoms with van der Waals surface area (Å²) in [6.45, 7) is 2.39. The van der Waals surface area contributed by atoms with Crippen LogP contribution in [0.1, 0.15) is 21.5 Å². The van der Waals surface area contributed by atoms with Gasteiger partial charge in [-0.3, -0.25) is 4.79 Å². The van der Waals surface area contributed by atoms with Crippen LogP contribution in [0, 0.1) is 6.92 Å². The van der Waals surface area contributed by atoms with Gasteiger partial charge in [0.15, 0.2) is 0 Å². The fourth-order valence-electron chi connectivity index (χ4n) is 2.38. The van der Waals surface area contributed by atoms with Crippen molar-refractivity contribution in [3.8, 4) is 5.75 Å². The van der Waals surface area contributed by atoms with Crippen LogP contribution in [0.3, 0.4) is 0 Å². The Balaban J connectivity index is 1.93. The van der Waals surface area contributed by atoms with Gasteiger partial charge in [-0.05, 0) is 36.2 Å². The number of hydrogen-bond acceptors (Lipinski definition) is 3. The predicted molar refractivity (Wildman–Crippen MR) is 87.0 cm³/mol. The Labute approximate surface area is 132 Å². The van der Waals surface area contributed by atoms with Crippen LogP contribution in [0.5, 0.6) is 5.75 Å². The maximum atomic E-state index is 12.2. The van der Waals surface area contributed by atoms with E-state index in [0.717, 1.165) is 11.1 Å². The Morgan fingerprint density at radius 3 is 2.74 bits per heavy atom. The standard InChI is InChI=1S/C18H15NO4/c1-11-4-2-3-5-12(11)10-23-13-6-7-16-14(8-13)17(20)15(9-19-16)18(21)22/h2-9H,10H2,1H3,(H,19,20)(H,21,22). The molecule has 0 fully saturated rings. The third-order valence-electron chi connectivity index (χ3n) is 3.74. The lowest BCUT2D eigenvalue weighted by Gasteiger charge is -2.09. The van der Waals surface area contributed by atoms with Crippen molar-refractivity contribution in [1.29, 1.82) is 0 Å². The second kappa shape index (κ2) is 5.96. The smallest absolute Gasteiger partial charge is 0.341 e. The average molecular weight is 309 g/mol. The quantitative estimate of drug-likeness (QED) is 0.776. The van der Waals surface area contributed by atoms with Gasteiger partial charge in [0.05, 0.1) is 5.39 Å². The number of pyridine rings is 1. The molecule has 0 unspecified atom stereocenters. The van der Waals surface area contributed by atoms with Gasteiger partial charge in [-0.1, -0.05) is 24.3 Å². The molecule has 0 bridgehead atoms. The van der Waals surface area contributed by atoms with Crippen LogP contribution in [0.25, 0.3) is 10.9 Å². The van der Waals surface area contributed by atoms with Crippen molar-refractivity contribution in [2.24, 2.45) is 0 Å². The zero-order valence-corrected chi connectivity index (χ0v) is 12.5. The number of aromatic nitrogens is 1.